The number of hydrogen-bond donors (Lipinski definition) is 2. The molecule has 0 bridgehead atoms. The van der Waals surface area contributed by atoms with Crippen LogP contribution in [0.4, 0.5) is 0 Å². The highest BCUT2D eigenvalue weighted by Gasteiger charge is 2.17. The summed E-state index contributed by atoms with van der Waals surface area (Å²) in [5.74, 6) is 0.140. The number of piperidine rings is 1. The first-order valence-corrected chi connectivity index (χ1v) is 5.36. The summed E-state index contributed by atoms with van der Waals surface area (Å²) in [7, 11) is 3.71. The van der Waals surface area contributed by atoms with Crippen molar-refractivity contribution in [3.63, 3.8) is 0 Å². The molecule has 0 saturated carbocycles. The number of nitrogens with one attached hydrogen (secondary N) is 2. The normalized spacial score (nSPS) is 19.6. The highest BCUT2D eigenvalue weighted by atomic mass is 16.1. The van der Waals surface area contributed by atoms with Gasteiger partial charge in [-0.25, -0.2) is 0 Å². The first-order chi connectivity index (χ1) is 6.76. The predicted molar refractivity (Wildman–Crippen MR) is 57.2 cm³/mol. The van der Waals surface area contributed by atoms with E-state index in [4.69, 9.17) is 0 Å². The summed E-state index contributed by atoms with van der Waals surface area (Å²) < 4.78 is 0. The maximum absolute atomic E-state index is 11.0. The van der Waals surface area contributed by atoms with Crippen molar-refractivity contribution >= 4 is 5.91 Å². The summed E-state index contributed by atoms with van der Waals surface area (Å²) in [5.41, 5.74) is 0. The third-order valence-corrected chi connectivity index (χ3v) is 2.93. The molecule has 4 heteroatoms. The molecule has 0 radical (unpaired) electrons. The van der Waals surface area contributed by atoms with Gasteiger partial charge in [-0.3, -0.25) is 4.79 Å². The van der Waals surface area contributed by atoms with Crippen LogP contribution in [-0.2, 0) is 4.79 Å². The Labute approximate surface area is 86.0 Å². The predicted octanol–water partition coefficient (Wildman–Crippen LogP) is -0.194. The Kier molecular flexibility index (Phi) is 4.90. The van der Waals surface area contributed by atoms with Crippen LogP contribution in [-0.4, -0.2) is 50.6 Å². The van der Waals surface area contributed by atoms with Crippen LogP contribution in [0.1, 0.15) is 19.3 Å². The summed E-state index contributed by atoms with van der Waals surface area (Å²) in [6.07, 6.45) is 3.02. The van der Waals surface area contributed by atoms with Gasteiger partial charge in [0.15, 0.2) is 0 Å². The number of likely N-dealkylation sites (tertiary alicyclic amines) is 1. The first-order valence-electron chi connectivity index (χ1n) is 5.36. The third kappa shape index (κ3) is 3.64. The average molecular weight is 199 g/mol. The quantitative estimate of drug-likeness (QED) is 0.659. The standard InChI is InChI=1S/C10H21N3O/c1-11-9-3-6-13(7-4-9)8-5-10(14)12-2/h9,11H,3-8H2,1-2H3,(H,12,14). The van der Waals surface area contributed by atoms with Crippen LogP contribution in [0.25, 0.3) is 0 Å². The van der Waals surface area contributed by atoms with Crippen LogP contribution < -0.4 is 10.6 Å². The summed E-state index contributed by atoms with van der Waals surface area (Å²) in [6, 6.07) is 0.672. The molecule has 82 valence electrons. The van der Waals surface area contributed by atoms with E-state index in [9.17, 15) is 4.79 Å². The molecule has 4 nitrogen and oxygen atoms in total. The van der Waals surface area contributed by atoms with Crippen LogP contribution >= 0.6 is 0 Å². The largest absolute Gasteiger partial charge is 0.359 e. The van der Waals surface area contributed by atoms with Crippen molar-refractivity contribution < 1.29 is 4.79 Å². The van der Waals surface area contributed by atoms with Gasteiger partial charge < -0.3 is 15.5 Å². The number of hydrogen-bond acceptors (Lipinski definition) is 3. The molecule has 0 unspecified atom stereocenters. The van der Waals surface area contributed by atoms with Gasteiger partial charge in [-0.1, -0.05) is 0 Å². The van der Waals surface area contributed by atoms with E-state index in [1.807, 2.05) is 7.05 Å². The molecule has 1 rings (SSSR count). The minimum absolute atomic E-state index is 0.140. The van der Waals surface area contributed by atoms with Gasteiger partial charge in [0, 0.05) is 26.1 Å². The minimum atomic E-state index is 0.140. The molecule has 1 heterocycles. The van der Waals surface area contributed by atoms with Gasteiger partial charge in [0.05, 0.1) is 0 Å². The maximum atomic E-state index is 11.0. The molecular weight excluding hydrogens is 178 g/mol. The lowest BCUT2D eigenvalue weighted by Crippen LogP contribution is -2.42. The second kappa shape index (κ2) is 5.98. The fourth-order valence-corrected chi connectivity index (χ4v) is 1.83. The second-order valence-electron chi connectivity index (χ2n) is 3.83. The van der Waals surface area contributed by atoms with Crippen molar-refractivity contribution in [3.05, 3.63) is 0 Å². The van der Waals surface area contributed by atoms with Crippen molar-refractivity contribution in [2.75, 3.05) is 33.7 Å². The molecule has 1 amide bonds. The van der Waals surface area contributed by atoms with Gasteiger partial charge in [0.1, 0.15) is 0 Å². The average Bonchev–Trinajstić information content (AvgIpc) is 2.26. The zero-order chi connectivity index (χ0) is 10.4. The summed E-state index contributed by atoms with van der Waals surface area (Å²) in [4.78, 5) is 13.4. The zero-order valence-corrected chi connectivity index (χ0v) is 9.18. The number of rotatable bonds is 4. The molecule has 0 atom stereocenters. The molecule has 1 aliphatic rings. The maximum Gasteiger partial charge on any atom is 0.221 e. The Hall–Kier alpha value is -0.610. The van der Waals surface area contributed by atoms with E-state index < -0.39 is 0 Å². The van der Waals surface area contributed by atoms with Gasteiger partial charge in [-0.05, 0) is 33.0 Å². The second-order valence-corrected chi connectivity index (χ2v) is 3.83. The molecular formula is C10H21N3O. The van der Waals surface area contributed by atoms with Gasteiger partial charge >= 0.3 is 0 Å². The van der Waals surface area contributed by atoms with Crippen LogP contribution in [0.3, 0.4) is 0 Å². The smallest absolute Gasteiger partial charge is 0.221 e. The van der Waals surface area contributed by atoms with Gasteiger partial charge in [0.2, 0.25) is 5.91 Å². The fourth-order valence-electron chi connectivity index (χ4n) is 1.83. The van der Waals surface area contributed by atoms with Crippen molar-refractivity contribution in [1.29, 1.82) is 0 Å². The summed E-state index contributed by atoms with van der Waals surface area (Å²) in [5, 5.41) is 5.94. The van der Waals surface area contributed by atoms with Crippen molar-refractivity contribution in [1.82, 2.24) is 15.5 Å². The van der Waals surface area contributed by atoms with Gasteiger partial charge in [-0.15, -0.1) is 0 Å². The molecule has 14 heavy (non-hydrogen) atoms. The van der Waals surface area contributed by atoms with Crippen LogP contribution in [0.2, 0.25) is 0 Å². The third-order valence-electron chi connectivity index (χ3n) is 2.93. The molecule has 0 aliphatic carbocycles. The molecule has 0 spiro atoms. The van der Waals surface area contributed by atoms with E-state index in [1.54, 1.807) is 7.05 Å². The Morgan fingerprint density at radius 2 is 2.00 bits per heavy atom. The van der Waals surface area contributed by atoms with E-state index in [0.717, 1.165) is 19.6 Å². The lowest BCUT2D eigenvalue weighted by molar-refractivity contribution is -0.121. The van der Waals surface area contributed by atoms with Crippen molar-refractivity contribution in [2.45, 2.75) is 25.3 Å². The Morgan fingerprint density at radius 3 is 2.50 bits per heavy atom. The van der Waals surface area contributed by atoms with Crippen LogP contribution in [0.5, 0.6) is 0 Å². The monoisotopic (exact) mass is 199 g/mol. The lowest BCUT2D eigenvalue weighted by atomic mass is 10.1. The van der Waals surface area contributed by atoms with Crippen molar-refractivity contribution in [2.24, 2.45) is 0 Å². The van der Waals surface area contributed by atoms with Crippen molar-refractivity contribution in [3.8, 4) is 0 Å². The van der Waals surface area contributed by atoms with Crippen LogP contribution in [0.15, 0.2) is 0 Å². The van der Waals surface area contributed by atoms with E-state index in [-0.39, 0.29) is 5.91 Å². The zero-order valence-electron chi connectivity index (χ0n) is 9.18. The van der Waals surface area contributed by atoms with Gasteiger partial charge in [-0.2, -0.15) is 0 Å². The van der Waals surface area contributed by atoms with Gasteiger partial charge in [0.25, 0.3) is 0 Å². The molecule has 1 fully saturated rings. The first kappa shape index (κ1) is 11.5. The van der Waals surface area contributed by atoms with E-state index in [2.05, 4.69) is 15.5 Å². The highest BCUT2D eigenvalue weighted by Crippen LogP contribution is 2.09. The Balaban J connectivity index is 2.13. The SMILES string of the molecule is CNC(=O)CCN1CCC(NC)CC1. The van der Waals surface area contributed by atoms with E-state index in [1.165, 1.54) is 12.8 Å². The number of carbonyl (C=O) groups excluding carboxylic acids is 1. The highest BCUT2D eigenvalue weighted by molar-refractivity contribution is 5.75. The lowest BCUT2D eigenvalue weighted by Gasteiger charge is -2.31. The number of amides is 1. The molecule has 0 aromatic heterocycles. The van der Waals surface area contributed by atoms with E-state index >= 15 is 0 Å². The number of carbonyl (C=O) groups is 1. The number of nitrogens with zero attached hydrogens (tertiary/aromatic N) is 1. The fraction of sp³-hybridized carbons (Fsp3) is 0.900. The molecule has 0 aromatic carbocycles. The van der Waals surface area contributed by atoms with E-state index in [0.29, 0.717) is 12.5 Å². The molecule has 2 N–H and O–H groups in total. The minimum Gasteiger partial charge on any atom is -0.359 e. The molecule has 1 aliphatic heterocycles. The topological polar surface area (TPSA) is 44.4 Å². The molecule has 0 aromatic rings. The van der Waals surface area contributed by atoms with Crippen LogP contribution in [0, 0.1) is 0 Å². The Morgan fingerprint density at radius 1 is 1.36 bits per heavy atom. The molecule has 1 saturated heterocycles. The summed E-state index contributed by atoms with van der Waals surface area (Å²) in [6.45, 7) is 3.13. The Bertz CT molecular complexity index is 176. The summed E-state index contributed by atoms with van der Waals surface area (Å²) >= 11 is 0.